The maximum absolute atomic E-state index is 13.0. The van der Waals surface area contributed by atoms with Crippen LogP contribution >= 0.6 is 11.6 Å². The number of halogens is 1. The van der Waals surface area contributed by atoms with Crippen molar-refractivity contribution in [3.8, 4) is 11.4 Å². The van der Waals surface area contributed by atoms with Gasteiger partial charge in [-0.1, -0.05) is 59.2 Å². The fourth-order valence-corrected chi connectivity index (χ4v) is 3.51. The molecule has 1 fully saturated rings. The fourth-order valence-electron chi connectivity index (χ4n) is 3.30. The molecule has 4 rings (SSSR count). The summed E-state index contributed by atoms with van der Waals surface area (Å²) in [6.45, 7) is 0.651. The predicted molar refractivity (Wildman–Crippen MR) is 98.8 cm³/mol. The van der Waals surface area contributed by atoms with E-state index in [4.69, 9.17) is 16.1 Å². The van der Waals surface area contributed by atoms with Crippen LogP contribution in [0.4, 0.5) is 0 Å². The molecule has 1 amide bonds. The van der Waals surface area contributed by atoms with E-state index in [2.05, 4.69) is 10.1 Å². The van der Waals surface area contributed by atoms with Gasteiger partial charge in [0.05, 0.1) is 10.6 Å². The zero-order valence-corrected chi connectivity index (χ0v) is 14.9. The summed E-state index contributed by atoms with van der Waals surface area (Å²) < 4.78 is 5.52. The Balaban J connectivity index is 1.63. The van der Waals surface area contributed by atoms with E-state index in [0.717, 1.165) is 24.8 Å². The van der Waals surface area contributed by atoms with Crippen LogP contribution in [0.5, 0.6) is 0 Å². The van der Waals surface area contributed by atoms with Crippen molar-refractivity contribution in [2.75, 3.05) is 6.54 Å². The van der Waals surface area contributed by atoms with Gasteiger partial charge in [-0.2, -0.15) is 4.98 Å². The maximum Gasteiger partial charge on any atom is 0.256 e. The molecular formula is C20H18ClN3O2. The first-order valence-corrected chi connectivity index (χ1v) is 9.06. The second-order valence-electron chi connectivity index (χ2n) is 6.31. The molecule has 6 heteroatoms. The number of benzene rings is 2. The number of rotatable bonds is 3. The molecule has 1 aliphatic heterocycles. The Morgan fingerprint density at radius 1 is 1.08 bits per heavy atom. The monoisotopic (exact) mass is 367 g/mol. The number of likely N-dealkylation sites (tertiary alicyclic amines) is 1. The lowest BCUT2D eigenvalue weighted by Crippen LogP contribution is -2.38. The van der Waals surface area contributed by atoms with Crippen LogP contribution in [0.15, 0.2) is 59.1 Å². The second-order valence-corrected chi connectivity index (χ2v) is 6.72. The van der Waals surface area contributed by atoms with Crippen molar-refractivity contribution < 1.29 is 9.32 Å². The summed E-state index contributed by atoms with van der Waals surface area (Å²) in [6, 6.07) is 16.6. The van der Waals surface area contributed by atoms with Crippen LogP contribution < -0.4 is 0 Å². The molecule has 2 aromatic carbocycles. The summed E-state index contributed by atoms with van der Waals surface area (Å²) in [7, 11) is 0. The number of carbonyl (C=O) groups is 1. The van der Waals surface area contributed by atoms with Gasteiger partial charge in [0.2, 0.25) is 11.7 Å². The van der Waals surface area contributed by atoms with Gasteiger partial charge in [0, 0.05) is 12.1 Å². The minimum atomic E-state index is -0.225. The Morgan fingerprint density at radius 2 is 1.85 bits per heavy atom. The van der Waals surface area contributed by atoms with Gasteiger partial charge in [-0.15, -0.1) is 0 Å². The molecule has 0 aliphatic carbocycles. The van der Waals surface area contributed by atoms with Gasteiger partial charge in [0.15, 0.2) is 0 Å². The van der Waals surface area contributed by atoms with Crippen LogP contribution in [0.1, 0.15) is 41.6 Å². The molecule has 3 aromatic rings. The summed E-state index contributed by atoms with van der Waals surface area (Å²) in [5.74, 6) is 0.917. The normalized spacial score (nSPS) is 17.3. The van der Waals surface area contributed by atoms with Crippen LogP contribution in [-0.4, -0.2) is 27.5 Å². The molecule has 26 heavy (non-hydrogen) atoms. The van der Waals surface area contributed by atoms with Gasteiger partial charge >= 0.3 is 0 Å². The van der Waals surface area contributed by atoms with Gasteiger partial charge in [-0.3, -0.25) is 4.79 Å². The topological polar surface area (TPSA) is 59.2 Å². The summed E-state index contributed by atoms with van der Waals surface area (Å²) in [6.07, 6.45) is 2.76. The number of carbonyl (C=O) groups excluding carboxylic acids is 1. The SMILES string of the molecule is O=C(c1ccccc1Cl)N1CCCC[C@@H]1c1nc(-c2ccccc2)no1. The molecule has 132 valence electrons. The van der Waals surface area contributed by atoms with E-state index in [-0.39, 0.29) is 11.9 Å². The Bertz CT molecular complexity index is 910. The van der Waals surface area contributed by atoms with Crippen molar-refractivity contribution in [2.45, 2.75) is 25.3 Å². The lowest BCUT2D eigenvalue weighted by atomic mass is 10.0. The average molecular weight is 368 g/mol. The minimum Gasteiger partial charge on any atom is -0.337 e. The lowest BCUT2D eigenvalue weighted by Gasteiger charge is -2.33. The summed E-state index contributed by atoms with van der Waals surface area (Å²) >= 11 is 6.22. The second kappa shape index (κ2) is 7.30. The van der Waals surface area contributed by atoms with E-state index in [1.165, 1.54) is 0 Å². The smallest absolute Gasteiger partial charge is 0.256 e. The molecule has 1 atom stereocenters. The number of nitrogens with zero attached hydrogens (tertiary/aromatic N) is 3. The molecule has 1 saturated heterocycles. The highest BCUT2D eigenvalue weighted by atomic mass is 35.5. The van der Waals surface area contributed by atoms with E-state index in [1.54, 1.807) is 17.0 Å². The van der Waals surface area contributed by atoms with Gasteiger partial charge in [0.1, 0.15) is 6.04 Å². The predicted octanol–water partition coefficient (Wildman–Crippen LogP) is 4.76. The molecular weight excluding hydrogens is 350 g/mol. The number of aromatic nitrogens is 2. The third-order valence-electron chi connectivity index (χ3n) is 4.63. The zero-order chi connectivity index (χ0) is 17.9. The molecule has 1 aliphatic rings. The van der Waals surface area contributed by atoms with Gasteiger partial charge < -0.3 is 9.42 Å². The lowest BCUT2D eigenvalue weighted by molar-refractivity contribution is 0.0561. The number of amides is 1. The molecule has 0 bridgehead atoms. The van der Waals surface area contributed by atoms with Crippen molar-refractivity contribution in [3.63, 3.8) is 0 Å². The quantitative estimate of drug-likeness (QED) is 0.669. The first-order valence-electron chi connectivity index (χ1n) is 8.68. The van der Waals surface area contributed by atoms with Gasteiger partial charge in [0.25, 0.3) is 5.91 Å². The number of hydrogen-bond donors (Lipinski definition) is 0. The molecule has 5 nitrogen and oxygen atoms in total. The zero-order valence-electron chi connectivity index (χ0n) is 14.1. The van der Waals surface area contributed by atoms with Crippen LogP contribution in [0.2, 0.25) is 5.02 Å². The molecule has 0 radical (unpaired) electrons. The highest BCUT2D eigenvalue weighted by Crippen LogP contribution is 2.33. The van der Waals surface area contributed by atoms with E-state index < -0.39 is 0 Å². The first kappa shape index (κ1) is 16.8. The molecule has 0 unspecified atom stereocenters. The van der Waals surface area contributed by atoms with Crippen molar-refractivity contribution in [3.05, 3.63) is 71.1 Å². The van der Waals surface area contributed by atoms with Crippen molar-refractivity contribution in [1.82, 2.24) is 15.0 Å². The van der Waals surface area contributed by atoms with E-state index in [0.29, 0.717) is 28.8 Å². The highest BCUT2D eigenvalue weighted by molar-refractivity contribution is 6.33. The average Bonchev–Trinajstić information content (AvgIpc) is 3.19. The Hall–Kier alpha value is -2.66. The standard InChI is InChI=1S/C20H18ClN3O2/c21-16-11-5-4-10-15(16)20(25)24-13-7-6-12-17(24)19-22-18(23-26-19)14-8-2-1-3-9-14/h1-5,8-11,17H,6-7,12-13H2/t17-/m1/s1. The van der Waals surface area contributed by atoms with Crippen LogP contribution in [0.25, 0.3) is 11.4 Å². The number of hydrogen-bond acceptors (Lipinski definition) is 4. The largest absolute Gasteiger partial charge is 0.337 e. The summed E-state index contributed by atoms with van der Waals surface area (Å²) in [5.41, 5.74) is 1.39. The minimum absolute atomic E-state index is 0.0974. The molecule has 1 aromatic heterocycles. The number of piperidine rings is 1. The van der Waals surface area contributed by atoms with E-state index in [9.17, 15) is 4.79 Å². The van der Waals surface area contributed by atoms with E-state index in [1.807, 2.05) is 42.5 Å². The van der Waals surface area contributed by atoms with Crippen molar-refractivity contribution in [1.29, 1.82) is 0 Å². The molecule has 0 N–H and O–H groups in total. The maximum atomic E-state index is 13.0. The van der Waals surface area contributed by atoms with E-state index >= 15 is 0 Å². The Kier molecular flexibility index (Phi) is 4.71. The molecule has 0 spiro atoms. The Morgan fingerprint density at radius 3 is 2.65 bits per heavy atom. The van der Waals surface area contributed by atoms with Crippen LogP contribution in [0, 0.1) is 0 Å². The fraction of sp³-hybridized carbons (Fsp3) is 0.250. The van der Waals surface area contributed by atoms with Crippen molar-refractivity contribution >= 4 is 17.5 Å². The van der Waals surface area contributed by atoms with Crippen molar-refractivity contribution in [2.24, 2.45) is 0 Å². The molecule has 0 saturated carbocycles. The van der Waals surface area contributed by atoms with Gasteiger partial charge in [-0.25, -0.2) is 0 Å². The third-order valence-corrected chi connectivity index (χ3v) is 4.96. The summed E-state index contributed by atoms with van der Waals surface area (Å²) in [4.78, 5) is 19.4. The first-order chi connectivity index (χ1) is 12.7. The third kappa shape index (κ3) is 3.22. The van der Waals surface area contributed by atoms with Crippen LogP contribution in [-0.2, 0) is 0 Å². The van der Waals surface area contributed by atoms with Gasteiger partial charge in [-0.05, 0) is 31.4 Å². The van der Waals surface area contributed by atoms with Crippen LogP contribution in [0.3, 0.4) is 0 Å². The Labute approximate surface area is 156 Å². The highest BCUT2D eigenvalue weighted by Gasteiger charge is 2.33. The molecule has 2 heterocycles. The summed E-state index contributed by atoms with van der Waals surface area (Å²) in [5, 5.41) is 4.55.